The minimum Gasteiger partial charge on any atom is -0.371 e. The van der Waals surface area contributed by atoms with Crippen LogP contribution in [0.3, 0.4) is 0 Å². The smallest absolute Gasteiger partial charge is 0.280 e. The molecular formula is C21H17FN8O2. The number of nitrogens with zero attached hydrogens (tertiary/aromatic N) is 8. The molecule has 0 radical (unpaired) electrons. The Morgan fingerprint density at radius 2 is 2.00 bits per heavy atom. The number of hydrogen-bond acceptors (Lipinski definition) is 8. The number of aromatic nitrogens is 6. The van der Waals surface area contributed by atoms with E-state index in [0.717, 1.165) is 18.8 Å². The molecule has 1 saturated heterocycles. The van der Waals surface area contributed by atoms with Crippen LogP contribution in [0.4, 0.5) is 10.1 Å². The summed E-state index contributed by atoms with van der Waals surface area (Å²) in [5, 5.41) is 13.2. The second-order valence-corrected chi connectivity index (χ2v) is 8.32. The highest BCUT2D eigenvalue weighted by Crippen LogP contribution is 2.57. The molecule has 4 heterocycles. The predicted octanol–water partition coefficient (Wildman–Crippen LogP) is 1.42. The Morgan fingerprint density at radius 3 is 2.78 bits per heavy atom. The average molecular weight is 432 g/mol. The van der Waals surface area contributed by atoms with Gasteiger partial charge in [0.2, 0.25) is 5.89 Å². The number of nitriles is 1. The van der Waals surface area contributed by atoms with Crippen molar-refractivity contribution in [3.05, 3.63) is 64.3 Å². The highest BCUT2D eigenvalue weighted by Gasteiger charge is 2.58. The molecule has 1 aliphatic carbocycles. The van der Waals surface area contributed by atoms with Gasteiger partial charge in [-0.15, -0.1) is 0 Å². The molecule has 0 amide bonds. The van der Waals surface area contributed by atoms with Gasteiger partial charge < -0.3 is 14.0 Å². The lowest BCUT2D eigenvalue weighted by molar-refractivity contribution is 0.363. The first-order valence-electron chi connectivity index (χ1n) is 10.2. The van der Waals surface area contributed by atoms with Crippen molar-refractivity contribution in [3.63, 3.8) is 0 Å². The predicted molar refractivity (Wildman–Crippen MR) is 109 cm³/mol. The lowest BCUT2D eigenvalue weighted by atomic mass is 10.1. The topological polar surface area (TPSA) is 119 Å². The molecule has 3 aromatic heterocycles. The zero-order chi connectivity index (χ0) is 22.0. The van der Waals surface area contributed by atoms with Crippen molar-refractivity contribution in [2.75, 3.05) is 18.0 Å². The number of halogens is 1. The van der Waals surface area contributed by atoms with Gasteiger partial charge in [0, 0.05) is 31.7 Å². The molecule has 1 aromatic carbocycles. The van der Waals surface area contributed by atoms with Crippen LogP contribution >= 0.6 is 0 Å². The number of aryl methyl sites for hydroxylation is 1. The van der Waals surface area contributed by atoms with Gasteiger partial charge in [-0.25, -0.2) is 14.4 Å². The van der Waals surface area contributed by atoms with Gasteiger partial charge in [-0.2, -0.15) is 10.2 Å². The lowest BCUT2D eigenvalue weighted by Crippen LogP contribution is -2.24. The van der Waals surface area contributed by atoms with Crippen molar-refractivity contribution in [2.24, 2.45) is 18.9 Å². The van der Waals surface area contributed by atoms with Crippen LogP contribution in [0, 0.1) is 29.0 Å². The van der Waals surface area contributed by atoms with E-state index >= 15 is 0 Å². The van der Waals surface area contributed by atoms with Gasteiger partial charge in [-0.1, -0.05) is 5.16 Å². The van der Waals surface area contributed by atoms with Gasteiger partial charge in [-0.3, -0.25) is 9.36 Å². The Kier molecular flexibility index (Phi) is 3.92. The first-order valence-corrected chi connectivity index (χ1v) is 10.2. The molecule has 2 aliphatic rings. The van der Waals surface area contributed by atoms with Gasteiger partial charge in [0.05, 0.1) is 18.0 Å². The molecule has 0 bridgehead atoms. The molecule has 1 aliphatic heterocycles. The van der Waals surface area contributed by atoms with Crippen molar-refractivity contribution in [1.82, 2.24) is 29.2 Å². The molecule has 2 fully saturated rings. The number of hydrogen-bond donors (Lipinski definition) is 0. The third-order valence-electron chi connectivity index (χ3n) is 6.36. The van der Waals surface area contributed by atoms with E-state index in [1.165, 1.54) is 23.0 Å². The first-order chi connectivity index (χ1) is 15.5. The van der Waals surface area contributed by atoms with Gasteiger partial charge in [0.15, 0.2) is 17.0 Å². The van der Waals surface area contributed by atoms with E-state index in [2.05, 4.69) is 25.0 Å². The average Bonchev–Trinajstić information content (AvgIpc) is 3.20. The van der Waals surface area contributed by atoms with E-state index in [-0.39, 0.29) is 18.0 Å². The normalized spacial score (nSPS) is 21.7. The minimum absolute atomic E-state index is 0.133. The third kappa shape index (κ3) is 2.87. The quantitative estimate of drug-likeness (QED) is 0.475. The fraction of sp³-hybridized carbons (Fsp3) is 0.333. The zero-order valence-electron chi connectivity index (χ0n) is 17.0. The summed E-state index contributed by atoms with van der Waals surface area (Å²) in [6, 6.07) is 6.39. The maximum absolute atomic E-state index is 13.8. The van der Waals surface area contributed by atoms with Gasteiger partial charge in [0.25, 0.3) is 5.56 Å². The van der Waals surface area contributed by atoms with Crippen molar-refractivity contribution < 1.29 is 8.91 Å². The number of imidazole rings is 1. The molecule has 0 N–H and O–H groups in total. The Bertz CT molecular complexity index is 1450. The third-order valence-corrected chi connectivity index (χ3v) is 6.36. The van der Waals surface area contributed by atoms with Crippen LogP contribution in [0.1, 0.15) is 23.2 Å². The largest absolute Gasteiger partial charge is 0.371 e. The van der Waals surface area contributed by atoms with E-state index in [1.54, 1.807) is 24.0 Å². The number of piperidine rings is 1. The molecule has 4 aromatic rings. The Morgan fingerprint density at radius 1 is 1.22 bits per heavy atom. The molecule has 6 rings (SSSR count). The molecular weight excluding hydrogens is 415 g/mol. The lowest BCUT2D eigenvalue weighted by Gasteiger charge is -2.21. The summed E-state index contributed by atoms with van der Waals surface area (Å²) in [6.45, 7) is 1.62. The maximum atomic E-state index is 13.8. The van der Waals surface area contributed by atoms with Crippen LogP contribution in [-0.4, -0.2) is 42.3 Å². The van der Waals surface area contributed by atoms with Gasteiger partial charge >= 0.3 is 0 Å². The van der Waals surface area contributed by atoms with Gasteiger partial charge in [-0.05, 0) is 30.0 Å². The van der Waals surface area contributed by atoms with Crippen LogP contribution < -0.4 is 10.5 Å². The fourth-order valence-electron chi connectivity index (χ4n) is 4.74. The van der Waals surface area contributed by atoms with Crippen LogP contribution in [0.25, 0.3) is 11.2 Å². The summed E-state index contributed by atoms with van der Waals surface area (Å²) in [5.41, 5.74) is 1.63. The van der Waals surface area contributed by atoms with Crippen LogP contribution in [-0.2, 0) is 13.6 Å². The Labute approximate surface area is 180 Å². The second-order valence-electron chi connectivity index (χ2n) is 8.32. The molecule has 32 heavy (non-hydrogen) atoms. The first kappa shape index (κ1) is 18.7. The van der Waals surface area contributed by atoms with Crippen LogP contribution in [0.5, 0.6) is 0 Å². The molecule has 160 valence electrons. The summed E-state index contributed by atoms with van der Waals surface area (Å²) >= 11 is 0. The molecule has 11 heteroatoms. The van der Waals surface area contributed by atoms with E-state index in [1.807, 2.05) is 6.07 Å². The molecule has 3 atom stereocenters. The summed E-state index contributed by atoms with van der Waals surface area (Å²) in [7, 11) is 1.74. The van der Waals surface area contributed by atoms with E-state index < -0.39 is 5.82 Å². The monoisotopic (exact) mass is 432 g/mol. The molecule has 10 nitrogen and oxygen atoms in total. The number of anilines is 1. The molecule has 0 unspecified atom stereocenters. The summed E-state index contributed by atoms with van der Waals surface area (Å²) in [5.74, 6) is 1.45. The maximum Gasteiger partial charge on any atom is 0.280 e. The Hall–Kier alpha value is -4.07. The molecule has 0 spiro atoms. The molecule has 1 saturated carbocycles. The number of rotatable bonds is 4. The SMILES string of the molecule is Cn1cnc2ncn(Cc3nc([C@H]4[C@@H]5CN(c6cc(F)cc(C#N)c6)C[C@@H]54)no3)c(=O)c21. The highest BCUT2D eigenvalue weighted by molar-refractivity contribution is 5.68. The summed E-state index contributed by atoms with van der Waals surface area (Å²) < 4.78 is 22.2. The number of benzene rings is 1. The summed E-state index contributed by atoms with van der Waals surface area (Å²) in [4.78, 5) is 27.6. The Balaban J connectivity index is 1.16. The van der Waals surface area contributed by atoms with Crippen molar-refractivity contribution >= 4 is 16.9 Å². The van der Waals surface area contributed by atoms with Crippen LogP contribution in [0.2, 0.25) is 0 Å². The minimum atomic E-state index is -0.409. The van der Waals surface area contributed by atoms with E-state index in [0.29, 0.717) is 40.3 Å². The van der Waals surface area contributed by atoms with Crippen LogP contribution in [0.15, 0.2) is 40.2 Å². The van der Waals surface area contributed by atoms with E-state index in [9.17, 15) is 9.18 Å². The second kappa shape index (κ2) is 6.71. The number of fused-ring (bicyclic) bond motifs is 2. The van der Waals surface area contributed by atoms with Crippen molar-refractivity contribution in [3.8, 4) is 6.07 Å². The van der Waals surface area contributed by atoms with Crippen molar-refractivity contribution in [2.45, 2.75) is 12.5 Å². The summed E-state index contributed by atoms with van der Waals surface area (Å²) in [6.07, 6.45) is 2.98. The van der Waals surface area contributed by atoms with Crippen molar-refractivity contribution in [1.29, 1.82) is 5.26 Å². The fourth-order valence-corrected chi connectivity index (χ4v) is 4.74. The standard InChI is InChI=1S/C21H17FN8O2/c1-28-9-24-20-18(28)21(31)30(10-25-20)8-16-26-19(27-32-16)17-14-6-29(7-15(14)17)13-3-11(5-23)2-12(22)4-13/h2-4,9-10,14-15,17H,6-8H2,1H3/t14-,15+,17+. The zero-order valence-corrected chi connectivity index (χ0v) is 17.0. The highest BCUT2D eigenvalue weighted by atomic mass is 19.1. The van der Waals surface area contributed by atoms with Gasteiger partial charge in [0.1, 0.15) is 18.7 Å². The van der Waals surface area contributed by atoms with E-state index in [4.69, 9.17) is 9.78 Å².